The molecular formula is C13H18N4O4. The number of carbonyl (C=O) groups is 3. The highest BCUT2D eigenvalue weighted by Gasteiger charge is 2.28. The van der Waals surface area contributed by atoms with Crippen molar-refractivity contribution in [1.29, 1.82) is 0 Å². The van der Waals surface area contributed by atoms with Crippen LogP contribution in [0.5, 0.6) is 0 Å². The molecule has 1 aliphatic rings. The van der Waals surface area contributed by atoms with Crippen LogP contribution in [0.4, 0.5) is 10.5 Å². The van der Waals surface area contributed by atoms with Crippen molar-refractivity contribution in [3.8, 4) is 0 Å². The molecule has 0 aliphatic carbocycles. The molecule has 0 bridgehead atoms. The standard InChI is InChI=1S/C13H18N4O4/c1-7-5-9(10(15-7)12(19)20)16-11(18)8-3-2-4-17(6-8)13(14)21/h5,8,15H,2-4,6H2,1H3,(H2,14,21)(H,16,18)(H,19,20). The van der Waals surface area contributed by atoms with Crippen LogP contribution in [0.3, 0.4) is 0 Å². The number of amides is 3. The molecule has 21 heavy (non-hydrogen) atoms. The second kappa shape index (κ2) is 5.86. The minimum Gasteiger partial charge on any atom is -0.477 e. The molecule has 8 heteroatoms. The van der Waals surface area contributed by atoms with Crippen molar-refractivity contribution < 1.29 is 19.5 Å². The molecular weight excluding hydrogens is 276 g/mol. The Bertz CT molecular complexity index is 581. The summed E-state index contributed by atoms with van der Waals surface area (Å²) in [4.78, 5) is 38.6. The van der Waals surface area contributed by atoms with Gasteiger partial charge in [-0.2, -0.15) is 0 Å². The summed E-state index contributed by atoms with van der Waals surface area (Å²) in [7, 11) is 0. The predicted octanol–water partition coefficient (Wildman–Crippen LogP) is 0.751. The fourth-order valence-corrected chi connectivity index (χ4v) is 2.48. The number of aryl methyl sites for hydroxylation is 1. The SMILES string of the molecule is Cc1cc(NC(=O)C2CCCN(C(N)=O)C2)c(C(=O)O)[nH]1. The number of primary amides is 1. The molecule has 2 rings (SSSR count). The maximum Gasteiger partial charge on any atom is 0.354 e. The quantitative estimate of drug-likeness (QED) is 0.655. The Morgan fingerprint density at radius 3 is 2.81 bits per heavy atom. The summed E-state index contributed by atoms with van der Waals surface area (Å²) in [5, 5.41) is 11.7. The number of hydrogen-bond donors (Lipinski definition) is 4. The zero-order valence-corrected chi connectivity index (χ0v) is 11.7. The topological polar surface area (TPSA) is 129 Å². The molecule has 0 radical (unpaired) electrons. The molecule has 1 saturated heterocycles. The number of likely N-dealkylation sites (tertiary alicyclic amines) is 1. The van der Waals surface area contributed by atoms with Crippen LogP contribution in [-0.4, -0.2) is 46.0 Å². The predicted molar refractivity (Wildman–Crippen MR) is 75.0 cm³/mol. The lowest BCUT2D eigenvalue weighted by Crippen LogP contribution is -2.46. The van der Waals surface area contributed by atoms with Gasteiger partial charge in [-0.3, -0.25) is 4.79 Å². The van der Waals surface area contributed by atoms with Crippen molar-refractivity contribution in [1.82, 2.24) is 9.88 Å². The first kappa shape index (κ1) is 14.9. The number of anilines is 1. The summed E-state index contributed by atoms with van der Waals surface area (Å²) in [6.45, 7) is 2.51. The number of carboxylic acid groups (broad SMARTS) is 1. The molecule has 5 N–H and O–H groups in total. The summed E-state index contributed by atoms with van der Waals surface area (Å²) in [5.74, 6) is -1.83. The fraction of sp³-hybridized carbons (Fsp3) is 0.462. The van der Waals surface area contributed by atoms with E-state index in [2.05, 4.69) is 10.3 Å². The van der Waals surface area contributed by atoms with Gasteiger partial charge >= 0.3 is 12.0 Å². The Kier molecular flexibility index (Phi) is 4.15. The van der Waals surface area contributed by atoms with Gasteiger partial charge in [0.2, 0.25) is 5.91 Å². The zero-order chi connectivity index (χ0) is 15.6. The van der Waals surface area contributed by atoms with Gasteiger partial charge in [0.15, 0.2) is 0 Å². The molecule has 1 fully saturated rings. The van der Waals surface area contributed by atoms with Crippen molar-refractivity contribution in [2.75, 3.05) is 18.4 Å². The van der Waals surface area contributed by atoms with E-state index in [1.807, 2.05) is 0 Å². The van der Waals surface area contributed by atoms with E-state index in [9.17, 15) is 14.4 Å². The van der Waals surface area contributed by atoms with Gasteiger partial charge < -0.3 is 26.0 Å². The summed E-state index contributed by atoms with van der Waals surface area (Å²) in [6, 6.07) is 1.02. The van der Waals surface area contributed by atoms with E-state index in [4.69, 9.17) is 10.8 Å². The first-order chi connectivity index (χ1) is 9.88. The van der Waals surface area contributed by atoms with Gasteiger partial charge in [-0.1, -0.05) is 0 Å². The highest BCUT2D eigenvalue weighted by atomic mass is 16.4. The van der Waals surface area contributed by atoms with Crippen LogP contribution >= 0.6 is 0 Å². The number of hydrogen-bond acceptors (Lipinski definition) is 3. The largest absolute Gasteiger partial charge is 0.477 e. The minimum absolute atomic E-state index is 0.0524. The number of aromatic carboxylic acids is 1. The maximum absolute atomic E-state index is 12.2. The van der Waals surface area contributed by atoms with Gasteiger partial charge in [-0.05, 0) is 25.8 Å². The van der Waals surface area contributed by atoms with Gasteiger partial charge in [0.05, 0.1) is 11.6 Å². The van der Waals surface area contributed by atoms with E-state index in [0.29, 0.717) is 25.1 Å². The maximum atomic E-state index is 12.2. The van der Waals surface area contributed by atoms with Crippen molar-refractivity contribution in [2.45, 2.75) is 19.8 Å². The van der Waals surface area contributed by atoms with E-state index >= 15 is 0 Å². The van der Waals surface area contributed by atoms with Crippen LogP contribution < -0.4 is 11.1 Å². The summed E-state index contributed by atoms with van der Waals surface area (Å²) < 4.78 is 0. The third-order valence-electron chi connectivity index (χ3n) is 3.53. The second-order valence-corrected chi connectivity index (χ2v) is 5.16. The first-order valence-electron chi connectivity index (χ1n) is 6.66. The van der Waals surface area contributed by atoms with E-state index in [1.54, 1.807) is 13.0 Å². The van der Waals surface area contributed by atoms with Gasteiger partial charge in [0.1, 0.15) is 5.69 Å². The van der Waals surface area contributed by atoms with Crippen LogP contribution in [0.15, 0.2) is 6.07 Å². The van der Waals surface area contributed by atoms with Crippen molar-refractivity contribution >= 4 is 23.6 Å². The number of carboxylic acids is 1. The number of aromatic nitrogens is 1. The smallest absolute Gasteiger partial charge is 0.354 e. The molecule has 1 aliphatic heterocycles. The molecule has 2 heterocycles. The molecule has 1 unspecified atom stereocenters. The minimum atomic E-state index is -1.14. The van der Waals surface area contributed by atoms with Crippen LogP contribution in [0.1, 0.15) is 29.0 Å². The number of aromatic amines is 1. The van der Waals surface area contributed by atoms with Gasteiger partial charge in [-0.15, -0.1) is 0 Å². The second-order valence-electron chi connectivity index (χ2n) is 5.16. The first-order valence-corrected chi connectivity index (χ1v) is 6.66. The van der Waals surface area contributed by atoms with Crippen LogP contribution in [0, 0.1) is 12.8 Å². The van der Waals surface area contributed by atoms with E-state index < -0.39 is 12.0 Å². The molecule has 1 aromatic heterocycles. The number of H-pyrrole nitrogens is 1. The Hall–Kier alpha value is -2.51. The summed E-state index contributed by atoms with van der Waals surface area (Å²) in [6.07, 6.45) is 1.33. The number of piperidine rings is 1. The normalized spacial score (nSPS) is 18.3. The zero-order valence-electron chi connectivity index (χ0n) is 11.7. The average molecular weight is 294 g/mol. The molecule has 1 atom stereocenters. The highest BCUT2D eigenvalue weighted by molar-refractivity contribution is 6.00. The Balaban J connectivity index is 2.07. The lowest BCUT2D eigenvalue weighted by atomic mass is 9.97. The lowest BCUT2D eigenvalue weighted by Gasteiger charge is -2.30. The number of rotatable bonds is 3. The van der Waals surface area contributed by atoms with Gasteiger partial charge in [0.25, 0.3) is 0 Å². The molecule has 1 aromatic rings. The summed E-state index contributed by atoms with van der Waals surface area (Å²) in [5.41, 5.74) is 6.05. The third kappa shape index (κ3) is 3.33. The Labute approximate surface area is 121 Å². The molecule has 0 spiro atoms. The molecule has 8 nitrogen and oxygen atoms in total. The molecule has 114 valence electrons. The van der Waals surface area contributed by atoms with Crippen molar-refractivity contribution in [3.05, 3.63) is 17.5 Å². The Morgan fingerprint density at radius 2 is 2.19 bits per heavy atom. The molecule has 0 aromatic carbocycles. The third-order valence-corrected chi connectivity index (χ3v) is 3.53. The number of nitrogens with zero attached hydrogens (tertiary/aromatic N) is 1. The highest BCUT2D eigenvalue weighted by Crippen LogP contribution is 2.21. The average Bonchev–Trinajstić information content (AvgIpc) is 2.80. The fourth-order valence-electron chi connectivity index (χ4n) is 2.48. The number of nitrogens with one attached hydrogen (secondary N) is 2. The number of nitrogens with two attached hydrogens (primary N) is 1. The van der Waals surface area contributed by atoms with E-state index in [1.165, 1.54) is 4.90 Å². The van der Waals surface area contributed by atoms with Crippen LogP contribution in [0.25, 0.3) is 0 Å². The molecule has 0 saturated carbocycles. The van der Waals surface area contributed by atoms with Crippen LogP contribution in [0.2, 0.25) is 0 Å². The molecule has 3 amide bonds. The van der Waals surface area contributed by atoms with E-state index in [-0.39, 0.29) is 29.8 Å². The van der Waals surface area contributed by atoms with E-state index in [0.717, 1.165) is 0 Å². The number of carbonyl (C=O) groups excluding carboxylic acids is 2. The van der Waals surface area contributed by atoms with Gasteiger partial charge in [0, 0.05) is 18.8 Å². The lowest BCUT2D eigenvalue weighted by molar-refractivity contribution is -0.121. The number of urea groups is 1. The summed E-state index contributed by atoms with van der Waals surface area (Å²) >= 11 is 0. The van der Waals surface area contributed by atoms with Crippen LogP contribution in [-0.2, 0) is 4.79 Å². The van der Waals surface area contributed by atoms with Crippen molar-refractivity contribution in [2.24, 2.45) is 11.7 Å². The monoisotopic (exact) mass is 294 g/mol. The Morgan fingerprint density at radius 1 is 1.48 bits per heavy atom. The van der Waals surface area contributed by atoms with Gasteiger partial charge in [-0.25, -0.2) is 9.59 Å². The van der Waals surface area contributed by atoms with Crippen molar-refractivity contribution in [3.63, 3.8) is 0 Å².